The molecular formula is C10H12N2O2. The largest absolute Gasteiger partial charge is 0.439 e. The highest BCUT2D eigenvalue weighted by atomic mass is 16.6. The molecule has 1 saturated heterocycles. The van der Waals surface area contributed by atoms with Crippen LogP contribution in [-0.4, -0.2) is 29.1 Å². The Labute approximate surface area is 82.5 Å². The summed E-state index contributed by atoms with van der Waals surface area (Å²) in [6.07, 6.45) is 2.97. The van der Waals surface area contributed by atoms with Gasteiger partial charge in [0.05, 0.1) is 6.04 Å². The van der Waals surface area contributed by atoms with Crippen molar-refractivity contribution in [3.63, 3.8) is 0 Å². The van der Waals surface area contributed by atoms with Gasteiger partial charge in [0, 0.05) is 25.0 Å². The zero-order valence-corrected chi connectivity index (χ0v) is 8.18. The van der Waals surface area contributed by atoms with Crippen LogP contribution in [0, 0.1) is 0 Å². The molecule has 2 rings (SSSR count). The zero-order chi connectivity index (χ0) is 10.1. The highest BCUT2D eigenvalue weighted by Gasteiger charge is 2.37. The third kappa shape index (κ3) is 1.32. The molecule has 0 unspecified atom stereocenters. The van der Waals surface area contributed by atoms with Crippen molar-refractivity contribution in [2.24, 2.45) is 0 Å². The van der Waals surface area contributed by atoms with E-state index < -0.39 is 0 Å². The normalized spacial score (nSPS) is 26.4. The van der Waals surface area contributed by atoms with Gasteiger partial charge >= 0.3 is 6.09 Å². The predicted octanol–water partition coefficient (Wildman–Crippen LogP) is 1.59. The molecule has 1 aromatic heterocycles. The number of carbonyl (C=O) groups excluding carboxylic acids is 1. The summed E-state index contributed by atoms with van der Waals surface area (Å²) in [7, 11) is 1.74. The Morgan fingerprint density at radius 2 is 2.36 bits per heavy atom. The Balaban J connectivity index is 2.26. The number of hydrogen-bond donors (Lipinski definition) is 0. The molecule has 0 saturated carbocycles. The van der Waals surface area contributed by atoms with Gasteiger partial charge in [-0.3, -0.25) is 4.98 Å². The van der Waals surface area contributed by atoms with Crippen LogP contribution >= 0.6 is 0 Å². The van der Waals surface area contributed by atoms with Crippen LogP contribution < -0.4 is 0 Å². The van der Waals surface area contributed by atoms with Crippen LogP contribution in [-0.2, 0) is 4.74 Å². The van der Waals surface area contributed by atoms with Crippen LogP contribution in [0.25, 0.3) is 0 Å². The molecule has 0 radical (unpaired) electrons. The van der Waals surface area contributed by atoms with Gasteiger partial charge < -0.3 is 9.64 Å². The Bertz CT molecular complexity index is 339. The number of aromatic nitrogens is 1. The lowest BCUT2D eigenvalue weighted by Gasteiger charge is -2.15. The van der Waals surface area contributed by atoms with Crippen molar-refractivity contribution in [1.82, 2.24) is 9.88 Å². The van der Waals surface area contributed by atoms with Crippen LogP contribution in [0.1, 0.15) is 18.6 Å². The predicted molar refractivity (Wildman–Crippen MR) is 50.7 cm³/mol. The van der Waals surface area contributed by atoms with Gasteiger partial charge in [-0.25, -0.2) is 4.79 Å². The molecular weight excluding hydrogens is 180 g/mol. The third-order valence-corrected chi connectivity index (χ3v) is 2.58. The van der Waals surface area contributed by atoms with E-state index in [2.05, 4.69) is 4.98 Å². The SMILES string of the molecule is C[C@@H]1[C@@H](c2cccnc2)OC(=O)N1C. The molecule has 14 heavy (non-hydrogen) atoms. The molecule has 1 fully saturated rings. The van der Waals surface area contributed by atoms with Crippen LogP contribution in [0.2, 0.25) is 0 Å². The summed E-state index contributed by atoms with van der Waals surface area (Å²) in [6.45, 7) is 1.96. The van der Waals surface area contributed by atoms with Crippen molar-refractivity contribution in [2.45, 2.75) is 19.1 Å². The van der Waals surface area contributed by atoms with Gasteiger partial charge in [-0.2, -0.15) is 0 Å². The maximum absolute atomic E-state index is 11.3. The van der Waals surface area contributed by atoms with Crippen molar-refractivity contribution < 1.29 is 9.53 Å². The molecule has 1 aliphatic rings. The third-order valence-electron chi connectivity index (χ3n) is 2.58. The summed E-state index contributed by atoms with van der Waals surface area (Å²) in [4.78, 5) is 16.9. The molecule has 0 bridgehead atoms. The second kappa shape index (κ2) is 3.29. The Morgan fingerprint density at radius 3 is 2.86 bits per heavy atom. The van der Waals surface area contributed by atoms with Crippen molar-refractivity contribution in [3.05, 3.63) is 30.1 Å². The Kier molecular flexibility index (Phi) is 2.11. The van der Waals surface area contributed by atoms with E-state index in [9.17, 15) is 4.79 Å². The van der Waals surface area contributed by atoms with E-state index in [0.717, 1.165) is 5.56 Å². The van der Waals surface area contributed by atoms with Gasteiger partial charge in [0.1, 0.15) is 0 Å². The zero-order valence-electron chi connectivity index (χ0n) is 8.18. The summed E-state index contributed by atoms with van der Waals surface area (Å²) in [6, 6.07) is 3.82. The molecule has 1 aliphatic heterocycles. The topological polar surface area (TPSA) is 42.4 Å². The number of rotatable bonds is 1. The van der Waals surface area contributed by atoms with E-state index in [0.29, 0.717) is 0 Å². The van der Waals surface area contributed by atoms with E-state index in [1.165, 1.54) is 0 Å². The van der Waals surface area contributed by atoms with Gasteiger partial charge in [-0.05, 0) is 13.0 Å². The van der Waals surface area contributed by atoms with Gasteiger partial charge in [0.2, 0.25) is 0 Å². The second-order valence-corrected chi connectivity index (χ2v) is 3.44. The van der Waals surface area contributed by atoms with E-state index in [-0.39, 0.29) is 18.2 Å². The van der Waals surface area contributed by atoms with Gasteiger partial charge in [-0.1, -0.05) is 6.07 Å². The van der Waals surface area contributed by atoms with E-state index in [1.54, 1.807) is 24.3 Å². The fourth-order valence-corrected chi connectivity index (χ4v) is 1.55. The van der Waals surface area contributed by atoms with Crippen LogP contribution in [0.5, 0.6) is 0 Å². The summed E-state index contributed by atoms with van der Waals surface area (Å²) in [5.74, 6) is 0. The quantitative estimate of drug-likeness (QED) is 0.678. The lowest BCUT2D eigenvalue weighted by Crippen LogP contribution is -2.27. The number of nitrogens with zero attached hydrogens (tertiary/aromatic N) is 2. The monoisotopic (exact) mass is 192 g/mol. The molecule has 4 nitrogen and oxygen atoms in total. The molecule has 2 heterocycles. The number of carbonyl (C=O) groups is 1. The molecule has 1 amide bonds. The number of ether oxygens (including phenoxy) is 1. The fourth-order valence-electron chi connectivity index (χ4n) is 1.55. The molecule has 0 aromatic carbocycles. The molecule has 0 N–H and O–H groups in total. The average Bonchev–Trinajstić information content (AvgIpc) is 2.47. The smallest absolute Gasteiger partial charge is 0.410 e. The molecule has 74 valence electrons. The lowest BCUT2D eigenvalue weighted by molar-refractivity contribution is 0.131. The van der Waals surface area contributed by atoms with Crippen LogP contribution in [0.3, 0.4) is 0 Å². The Hall–Kier alpha value is -1.58. The van der Waals surface area contributed by atoms with E-state index in [4.69, 9.17) is 4.74 Å². The first-order valence-electron chi connectivity index (χ1n) is 4.53. The highest BCUT2D eigenvalue weighted by Crippen LogP contribution is 2.30. The van der Waals surface area contributed by atoms with Crippen molar-refractivity contribution in [1.29, 1.82) is 0 Å². The minimum absolute atomic E-state index is 0.0618. The van der Waals surface area contributed by atoms with Crippen molar-refractivity contribution in [2.75, 3.05) is 7.05 Å². The highest BCUT2D eigenvalue weighted by molar-refractivity contribution is 5.70. The molecule has 0 spiro atoms. The summed E-state index contributed by atoms with van der Waals surface area (Å²) in [5, 5.41) is 0. The first-order valence-corrected chi connectivity index (χ1v) is 4.53. The van der Waals surface area contributed by atoms with Gasteiger partial charge in [0.25, 0.3) is 0 Å². The van der Waals surface area contributed by atoms with Crippen LogP contribution in [0.15, 0.2) is 24.5 Å². The number of pyridine rings is 1. The Morgan fingerprint density at radius 1 is 1.57 bits per heavy atom. The lowest BCUT2D eigenvalue weighted by atomic mass is 10.1. The fraction of sp³-hybridized carbons (Fsp3) is 0.400. The molecule has 2 atom stereocenters. The van der Waals surface area contributed by atoms with Crippen molar-refractivity contribution >= 4 is 6.09 Å². The summed E-state index contributed by atoms with van der Waals surface area (Å²) in [5.41, 5.74) is 0.942. The van der Waals surface area contributed by atoms with Gasteiger partial charge in [-0.15, -0.1) is 0 Å². The number of hydrogen-bond acceptors (Lipinski definition) is 3. The number of cyclic esters (lactones) is 1. The maximum atomic E-state index is 11.3. The molecule has 4 heteroatoms. The molecule has 1 aromatic rings. The summed E-state index contributed by atoms with van der Waals surface area (Å²) >= 11 is 0. The first-order chi connectivity index (χ1) is 6.70. The second-order valence-electron chi connectivity index (χ2n) is 3.44. The number of amides is 1. The summed E-state index contributed by atoms with van der Waals surface area (Å²) < 4.78 is 5.22. The first kappa shape index (κ1) is 8.99. The average molecular weight is 192 g/mol. The van der Waals surface area contributed by atoms with Crippen LogP contribution in [0.4, 0.5) is 4.79 Å². The maximum Gasteiger partial charge on any atom is 0.410 e. The van der Waals surface area contributed by atoms with E-state index >= 15 is 0 Å². The number of likely N-dealkylation sites (N-methyl/N-ethyl adjacent to an activating group) is 1. The van der Waals surface area contributed by atoms with E-state index in [1.807, 2.05) is 19.1 Å². The van der Waals surface area contributed by atoms with Gasteiger partial charge in [0.15, 0.2) is 6.10 Å². The standard InChI is InChI=1S/C10H12N2O2/c1-7-9(14-10(13)12(7)2)8-4-3-5-11-6-8/h3-7,9H,1-2H3/t7-,9+/m1/s1. The minimum Gasteiger partial charge on any atom is -0.439 e. The van der Waals surface area contributed by atoms with Crippen molar-refractivity contribution in [3.8, 4) is 0 Å². The molecule has 0 aliphatic carbocycles. The minimum atomic E-state index is -0.272.